The number of nitrogens with one attached hydrogen (secondary N) is 1. The predicted octanol–water partition coefficient (Wildman–Crippen LogP) is 0.833. The van der Waals surface area contributed by atoms with Gasteiger partial charge in [0.2, 0.25) is 11.8 Å². The van der Waals surface area contributed by atoms with Gasteiger partial charge in [-0.05, 0) is 37.7 Å². The Labute approximate surface area is 126 Å². The second-order valence-electron chi connectivity index (χ2n) is 5.21. The Balaban J connectivity index is 2.32. The van der Waals surface area contributed by atoms with Crippen LogP contribution in [0.2, 0.25) is 0 Å². The Morgan fingerprint density at radius 3 is 2.90 bits per heavy atom. The maximum absolute atomic E-state index is 12.1. The number of rotatable bonds is 8. The average molecular weight is 301 g/mol. The van der Waals surface area contributed by atoms with Crippen molar-refractivity contribution in [2.75, 3.05) is 38.2 Å². The lowest BCUT2D eigenvalue weighted by molar-refractivity contribution is -0.135. The molecule has 0 aromatic heterocycles. The molecule has 0 aliphatic carbocycles. The number of unbranched alkanes of at least 4 members (excludes halogenated alkanes) is 1. The van der Waals surface area contributed by atoms with Gasteiger partial charge in [-0.2, -0.15) is 11.8 Å². The van der Waals surface area contributed by atoms with Gasteiger partial charge < -0.3 is 16.0 Å². The van der Waals surface area contributed by atoms with Crippen LogP contribution in [0.25, 0.3) is 0 Å². The zero-order valence-electron chi connectivity index (χ0n) is 12.4. The van der Waals surface area contributed by atoms with E-state index >= 15 is 0 Å². The summed E-state index contributed by atoms with van der Waals surface area (Å²) in [6, 6.07) is 0. The molecular weight excluding hydrogens is 274 g/mol. The number of amides is 2. The molecule has 0 saturated carbocycles. The van der Waals surface area contributed by atoms with Gasteiger partial charge in [0.05, 0.1) is 5.92 Å². The number of hydrogen-bond donors (Lipinski definition) is 2. The molecule has 2 amide bonds. The van der Waals surface area contributed by atoms with E-state index in [-0.39, 0.29) is 17.7 Å². The van der Waals surface area contributed by atoms with Crippen molar-refractivity contribution in [2.45, 2.75) is 32.1 Å². The quantitative estimate of drug-likeness (QED) is 0.651. The summed E-state index contributed by atoms with van der Waals surface area (Å²) in [5.74, 6) is 1.28. The van der Waals surface area contributed by atoms with Gasteiger partial charge in [-0.25, -0.2) is 0 Å². The lowest BCUT2D eigenvalue weighted by atomic mass is 9.96. The summed E-state index contributed by atoms with van der Waals surface area (Å²) in [5, 5.41) is 2.82. The fourth-order valence-corrected chi connectivity index (χ4v) is 2.93. The molecule has 6 heteroatoms. The molecule has 5 nitrogen and oxygen atoms in total. The molecule has 1 aliphatic heterocycles. The first-order valence-corrected chi connectivity index (χ1v) is 8.83. The number of piperidine rings is 1. The van der Waals surface area contributed by atoms with Gasteiger partial charge in [-0.1, -0.05) is 0 Å². The van der Waals surface area contributed by atoms with Crippen LogP contribution in [0.4, 0.5) is 0 Å². The van der Waals surface area contributed by atoms with Crippen LogP contribution < -0.4 is 11.1 Å². The highest BCUT2D eigenvalue weighted by molar-refractivity contribution is 7.98. The minimum Gasteiger partial charge on any atom is -0.355 e. The first-order chi connectivity index (χ1) is 9.69. The molecule has 0 aromatic carbocycles. The summed E-state index contributed by atoms with van der Waals surface area (Å²) in [4.78, 5) is 25.9. The summed E-state index contributed by atoms with van der Waals surface area (Å²) >= 11 is 1.81. The molecule has 1 heterocycles. The molecule has 1 atom stereocenters. The third-order valence-corrected chi connectivity index (χ3v) is 4.27. The molecule has 0 spiro atoms. The van der Waals surface area contributed by atoms with Crippen molar-refractivity contribution in [3.8, 4) is 0 Å². The zero-order valence-corrected chi connectivity index (χ0v) is 13.2. The van der Waals surface area contributed by atoms with E-state index in [1.807, 2.05) is 16.7 Å². The Kier molecular flexibility index (Phi) is 8.69. The first-order valence-electron chi connectivity index (χ1n) is 7.43. The highest BCUT2D eigenvalue weighted by atomic mass is 32.2. The summed E-state index contributed by atoms with van der Waals surface area (Å²) in [6.45, 7) is 2.33. The summed E-state index contributed by atoms with van der Waals surface area (Å²) < 4.78 is 0. The topological polar surface area (TPSA) is 75.4 Å². The second kappa shape index (κ2) is 10.0. The Bertz CT molecular complexity index is 313. The van der Waals surface area contributed by atoms with Gasteiger partial charge >= 0.3 is 0 Å². The number of nitrogens with zero attached hydrogens (tertiary/aromatic N) is 1. The number of thioether (sulfide) groups is 1. The lowest BCUT2D eigenvalue weighted by Crippen LogP contribution is -2.46. The molecule has 0 bridgehead atoms. The van der Waals surface area contributed by atoms with Crippen LogP contribution in [0, 0.1) is 5.92 Å². The van der Waals surface area contributed by atoms with Crippen LogP contribution in [0.15, 0.2) is 0 Å². The molecular formula is C14H27N3O2S. The van der Waals surface area contributed by atoms with Crippen LogP contribution in [0.1, 0.15) is 32.1 Å². The normalized spacial score (nSPS) is 18.9. The lowest BCUT2D eigenvalue weighted by Gasteiger charge is -2.32. The molecule has 116 valence electrons. The molecule has 1 fully saturated rings. The molecule has 20 heavy (non-hydrogen) atoms. The molecule has 3 N–H and O–H groups in total. The second-order valence-corrected chi connectivity index (χ2v) is 6.19. The Hall–Kier alpha value is -0.750. The zero-order chi connectivity index (χ0) is 14.8. The van der Waals surface area contributed by atoms with E-state index in [9.17, 15) is 9.59 Å². The van der Waals surface area contributed by atoms with Crippen molar-refractivity contribution in [1.82, 2.24) is 10.2 Å². The van der Waals surface area contributed by atoms with Crippen molar-refractivity contribution in [3.63, 3.8) is 0 Å². The van der Waals surface area contributed by atoms with Crippen molar-refractivity contribution in [1.29, 1.82) is 0 Å². The summed E-state index contributed by atoms with van der Waals surface area (Å²) in [6.07, 6.45) is 6.50. The average Bonchev–Trinajstić information content (AvgIpc) is 2.49. The number of carbonyl (C=O) groups excluding carboxylic acids is 2. The maximum atomic E-state index is 12.1. The largest absolute Gasteiger partial charge is 0.355 e. The molecule has 1 saturated heterocycles. The summed E-state index contributed by atoms with van der Waals surface area (Å²) in [5.41, 5.74) is 5.38. The monoisotopic (exact) mass is 301 g/mol. The van der Waals surface area contributed by atoms with Crippen LogP contribution in [0.5, 0.6) is 0 Å². The van der Waals surface area contributed by atoms with E-state index in [0.29, 0.717) is 26.1 Å². The third-order valence-electron chi connectivity index (χ3n) is 3.58. The Morgan fingerprint density at radius 1 is 1.40 bits per heavy atom. The van der Waals surface area contributed by atoms with Crippen molar-refractivity contribution < 1.29 is 9.59 Å². The fraction of sp³-hybridized carbons (Fsp3) is 0.857. The minimum absolute atomic E-state index is 0.0373. The van der Waals surface area contributed by atoms with Crippen molar-refractivity contribution >= 4 is 23.6 Å². The molecule has 0 aromatic rings. The van der Waals surface area contributed by atoms with Crippen LogP contribution in [-0.4, -0.2) is 54.9 Å². The third kappa shape index (κ3) is 6.13. The van der Waals surface area contributed by atoms with E-state index in [0.717, 1.165) is 38.0 Å². The SMILES string of the molecule is CSCCCCC(=O)N1CCCC(C(=O)NCCN)C1. The Morgan fingerprint density at radius 2 is 2.20 bits per heavy atom. The van der Waals surface area contributed by atoms with Gasteiger partial charge in [-0.3, -0.25) is 9.59 Å². The van der Waals surface area contributed by atoms with Crippen molar-refractivity contribution in [3.05, 3.63) is 0 Å². The number of nitrogens with two attached hydrogens (primary N) is 1. The van der Waals surface area contributed by atoms with Crippen LogP contribution in [-0.2, 0) is 9.59 Å². The predicted molar refractivity (Wildman–Crippen MR) is 83.6 cm³/mol. The van der Waals surface area contributed by atoms with E-state index in [1.165, 1.54) is 0 Å². The van der Waals surface area contributed by atoms with Crippen LogP contribution >= 0.6 is 11.8 Å². The molecule has 1 aliphatic rings. The number of likely N-dealkylation sites (tertiary alicyclic amines) is 1. The van der Waals surface area contributed by atoms with Gasteiger partial charge in [0.15, 0.2) is 0 Å². The highest BCUT2D eigenvalue weighted by Gasteiger charge is 2.27. The van der Waals surface area contributed by atoms with Crippen molar-refractivity contribution in [2.24, 2.45) is 11.7 Å². The van der Waals surface area contributed by atoms with Gasteiger partial charge in [-0.15, -0.1) is 0 Å². The number of carbonyl (C=O) groups is 2. The first kappa shape index (κ1) is 17.3. The van der Waals surface area contributed by atoms with Crippen LogP contribution in [0.3, 0.4) is 0 Å². The minimum atomic E-state index is -0.0644. The van der Waals surface area contributed by atoms with Gasteiger partial charge in [0.1, 0.15) is 0 Å². The van der Waals surface area contributed by atoms with Gasteiger partial charge in [0.25, 0.3) is 0 Å². The standard InChI is InChI=1S/C14H27N3O2S/c1-20-10-3-2-6-13(18)17-9-4-5-12(11-17)14(19)16-8-7-15/h12H,2-11,15H2,1H3,(H,16,19). The van der Waals surface area contributed by atoms with E-state index in [4.69, 9.17) is 5.73 Å². The van der Waals surface area contributed by atoms with E-state index in [1.54, 1.807) is 0 Å². The van der Waals surface area contributed by atoms with E-state index in [2.05, 4.69) is 11.6 Å². The molecule has 1 unspecified atom stereocenters. The summed E-state index contributed by atoms with van der Waals surface area (Å²) in [7, 11) is 0. The fourth-order valence-electron chi connectivity index (χ4n) is 2.44. The van der Waals surface area contributed by atoms with Gasteiger partial charge in [0, 0.05) is 32.6 Å². The number of hydrogen-bond acceptors (Lipinski definition) is 4. The smallest absolute Gasteiger partial charge is 0.224 e. The van der Waals surface area contributed by atoms with E-state index < -0.39 is 0 Å². The maximum Gasteiger partial charge on any atom is 0.224 e. The highest BCUT2D eigenvalue weighted by Crippen LogP contribution is 2.18. The molecule has 0 radical (unpaired) electrons. The molecule has 1 rings (SSSR count).